The summed E-state index contributed by atoms with van der Waals surface area (Å²) >= 11 is 0. The van der Waals surface area contributed by atoms with Crippen LogP contribution in [0.3, 0.4) is 0 Å². The van der Waals surface area contributed by atoms with Gasteiger partial charge in [0.1, 0.15) is 0 Å². The molecule has 0 atom stereocenters. The molecule has 2 N–H and O–H groups in total. The molecule has 0 fully saturated rings. The molecule has 0 bridgehead atoms. The van der Waals surface area contributed by atoms with Crippen LogP contribution >= 0.6 is 0 Å². The summed E-state index contributed by atoms with van der Waals surface area (Å²) in [6.45, 7) is 0. The van der Waals surface area contributed by atoms with Gasteiger partial charge in [-0.1, -0.05) is 30.3 Å². The van der Waals surface area contributed by atoms with Crippen molar-refractivity contribution in [3.63, 3.8) is 0 Å². The van der Waals surface area contributed by atoms with Crippen molar-refractivity contribution >= 4 is 0 Å². The van der Waals surface area contributed by atoms with E-state index in [-0.39, 0.29) is 5.75 Å². The Balaban J connectivity index is 2.62. The molecule has 0 aliphatic rings. The zero-order valence-corrected chi connectivity index (χ0v) is 7.27. The van der Waals surface area contributed by atoms with Crippen LogP contribution in [0.2, 0.25) is 0 Å². The van der Waals surface area contributed by atoms with Crippen LogP contribution in [0.5, 0.6) is 5.75 Å². The summed E-state index contributed by atoms with van der Waals surface area (Å²) in [5.41, 5.74) is 0.678. The van der Waals surface area contributed by atoms with Crippen LogP contribution in [0.25, 0.3) is 11.3 Å². The summed E-state index contributed by atoms with van der Waals surface area (Å²) < 4.78 is 0. The second-order valence-corrected chi connectivity index (χ2v) is 2.81. The maximum atomic E-state index is 10.9. The van der Waals surface area contributed by atoms with Gasteiger partial charge < -0.3 is 10.1 Å². The van der Waals surface area contributed by atoms with Crippen molar-refractivity contribution in [1.82, 2.24) is 9.97 Å². The Bertz CT molecular complexity index is 491. The fourth-order valence-corrected chi connectivity index (χ4v) is 1.21. The molecule has 2 rings (SSSR count). The zero-order valence-electron chi connectivity index (χ0n) is 7.27. The van der Waals surface area contributed by atoms with Gasteiger partial charge in [-0.25, -0.2) is 4.79 Å². The Hall–Kier alpha value is -2.10. The van der Waals surface area contributed by atoms with E-state index in [4.69, 9.17) is 0 Å². The molecular weight excluding hydrogens is 180 g/mol. The number of hydrogen-bond donors (Lipinski definition) is 2. The number of rotatable bonds is 1. The van der Waals surface area contributed by atoms with E-state index in [0.29, 0.717) is 5.69 Å². The molecule has 0 aliphatic carbocycles. The van der Waals surface area contributed by atoms with Gasteiger partial charge in [0.2, 0.25) is 0 Å². The van der Waals surface area contributed by atoms with E-state index in [9.17, 15) is 9.90 Å². The zero-order chi connectivity index (χ0) is 9.97. The van der Waals surface area contributed by atoms with Gasteiger partial charge in [-0.15, -0.1) is 0 Å². The number of nitrogens with one attached hydrogen (secondary N) is 1. The minimum atomic E-state index is -0.471. The second-order valence-electron chi connectivity index (χ2n) is 2.81. The number of hydrogen-bond acceptors (Lipinski definition) is 3. The smallest absolute Gasteiger partial charge is 0.345 e. The van der Waals surface area contributed by atoms with Crippen molar-refractivity contribution in [2.45, 2.75) is 0 Å². The topological polar surface area (TPSA) is 66.0 Å². The first-order chi connectivity index (χ1) is 6.77. The minimum absolute atomic E-state index is 0.0317. The fraction of sp³-hybridized carbons (Fsp3) is 0. The summed E-state index contributed by atoms with van der Waals surface area (Å²) in [7, 11) is 0. The van der Waals surface area contributed by atoms with Gasteiger partial charge in [0.15, 0.2) is 5.75 Å². The molecule has 0 unspecified atom stereocenters. The molecule has 70 valence electrons. The van der Waals surface area contributed by atoms with Crippen LogP contribution in [-0.2, 0) is 0 Å². The van der Waals surface area contributed by atoms with E-state index in [1.807, 2.05) is 18.2 Å². The van der Waals surface area contributed by atoms with Gasteiger partial charge >= 0.3 is 5.69 Å². The third-order valence-electron chi connectivity index (χ3n) is 1.85. The Kier molecular flexibility index (Phi) is 2.02. The molecule has 1 aromatic heterocycles. The van der Waals surface area contributed by atoms with E-state index < -0.39 is 5.69 Å². The SMILES string of the molecule is O=c1ncc(O)c(-c2ccccc2)[nH]1. The first-order valence-electron chi connectivity index (χ1n) is 4.11. The molecule has 1 heterocycles. The van der Waals surface area contributed by atoms with Crippen molar-refractivity contribution in [2.75, 3.05) is 0 Å². The van der Waals surface area contributed by atoms with E-state index >= 15 is 0 Å². The Morgan fingerprint density at radius 3 is 2.64 bits per heavy atom. The van der Waals surface area contributed by atoms with Crippen molar-refractivity contribution in [2.24, 2.45) is 0 Å². The van der Waals surface area contributed by atoms with Crippen molar-refractivity contribution < 1.29 is 5.11 Å². The van der Waals surface area contributed by atoms with Crippen LogP contribution < -0.4 is 5.69 Å². The van der Waals surface area contributed by atoms with Crippen LogP contribution in [0.1, 0.15) is 0 Å². The van der Waals surface area contributed by atoms with E-state index in [1.54, 1.807) is 12.1 Å². The molecule has 0 aliphatic heterocycles. The molecule has 0 spiro atoms. The average molecular weight is 188 g/mol. The highest BCUT2D eigenvalue weighted by Crippen LogP contribution is 2.23. The summed E-state index contributed by atoms with van der Waals surface area (Å²) in [4.78, 5) is 16.8. The minimum Gasteiger partial charge on any atom is -0.504 e. The van der Waals surface area contributed by atoms with E-state index in [0.717, 1.165) is 11.8 Å². The number of nitrogens with zero attached hydrogens (tertiary/aromatic N) is 1. The predicted molar refractivity (Wildman–Crippen MR) is 52.0 cm³/mol. The maximum Gasteiger partial charge on any atom is 0.345 e. The summed E-state index contributed by atoms with van der Waals surface area (Å²) in [5.74, 6) is -0.0317. The molecule has 2 aromatic rings. The largest absolute Gasteiger partial charge is 0.504 e. The maximum absolute atomic E-state index is 10.9. The lowest BCUT2D eigenvalue weighted by Gasteiger charge is -2.02. The number of benzene rings is 1. The van der Waals surface area contributed by atoms with Gasteiger partial charge in [0.05, 0.1) is 11.9 Å². The molecule has 0 saturated heterocycles. The Labute approximate surface area is 79.9 Å². The predicted octanol–water partition coefficient (Wildman–Crippen LogP) is 1.14. The van der Waals surface area contributed by atoms with Crippen molar-refractivity contribution in [3.8, 4) is 17.0 Å². The first-order valence-corrected chi connectivity index (χ1v) is 4.11. The standard InChI is InChI=1S/C10H8N2O2/c13-8-6-11-10(14)12-9(8)7-4-2-1-3-5-7/h1-6,13H,(H,11,12,14). The lowest BCUT2D eigenvalue weighted by molar-refractivity contribution is 0.471. The van der Waals surface area contributed by atoms with Gasteiger partial charge in [-0.2, -0.15) is 4.98 Å². The third-order valence-corrected chi connectivity index (χ3v) is 1.85. The van der Waals surface area contributed by atoms with Gasteiger partial charge in [-0.3, -0.25) is 0 Å². The molecule has 0 saturated carbocycles. The van der Waals surface area contributed by atoms with E-state index in [1.165, 1.54) is 0 Å². The molecule has 0 radical (unpaired) electrons. The molecule has 14 heavy (non-hydrogen) atoms. The third kappa shape index (κ3) is 1.50. The lowest BCUT2D eigenvalue weighted by Crippen LogP contribution is -2.09. The number of H-pyrrole nitrogens is 1. The van der Waals surface area contributed by atoms with Crippen LogP contribution in [0.15, 0.2) is 41.3 Å². The van der Waals surface area contributed by atoms with E-state index in [2.05, 4.69) is 9.97 Å². The van der Waals surface area contributed by atoms with Crippen LogP contribution in [0, 0.1) is 0 Å². The average Bonchev–Trinajstić information content (AvgIpc) is 2.23. The Morgan fingerprint density at radius 1 is 1.21 bits per heavy atom. The van der Waals surface area contributed by atoms with Crippen LogP contribution in [0.4, 0.5) is 0 Å². The monoisotopic (exact) mass is 188 g/mol. The molecule has 4 nitrogen and oxygen atoms in total. The highest BCUT2D eigenvalue weighted by molar-refractivity contribution is 5.64. The highest BCUT2D eigenvalue weighted by atomic mass is 16.3. The molecule has 1 aromatic carbocycles. The second kappa shape index (κ2) is 3.33. The number of aromatic amines is 1. The van der Waals surface area contributed by atoms with Gasteiger partial charge in [-0.05, 0) is 0 Å². The highest BCUT2D eigenvalue weighted by Gasteiger charge is 2.04. The molecule has 0 amide bonds. The summed E-state index contributed by atoms with van der Waals surface area (Å²) in [6.07, 6.45) is 1.14. The van der Waals surface area contributed by atoms with Crippen molar-refractivity contribution in [1.29, 1.82) is 0 Å². The molecule has 4 heteroatoms. The normalized spacial score (nSPS) is 10.0. The van der Waals surface area contributed by atoms with Crippen LogP contribution in [-0.4, -0.2) is 15.1 Å². The number of aromatic nitrogens is 2. The number of aromatic hydroxyl groups is 1. The first kappa shape index (κ1) is 8.50. The quantitative estimate of drug-likeness (QED) is 0.705. The van der Waals surface area contributed by atoms with Gasteiger partial charge in [0.25, 0.3) is 0 Å². The Morgan fingerprint density at radius 2 is 1.93 bits per heavy atom. The van der Waals surface area contributed by atoms with Gasteiger partial charge in [0, 0.05) is 5.56 Å². The lowest BCUT2D eigenvalue weighted by atomic mass is 10.1. The fourth-order valence-electron chi connectivity index (χ4n) is 1.21. The molecular formula is C10H8N2O2. The van der Waals surface area contributed by atoms with Crippen molar-refractivity contribution in [3.05, 3.63) is 47.0 Å². The summed E-state index contributed by atoms with van der Waals surface area (Å²) in [5, 5.41) is 9.46. The summed E-state index contributed by atoms with van der Waals surface area (Å²) in [6, 6.07) is 9.11.